The number of carbonyl (C=O) groups is 1. The zero-order chi connectivity index (χ0) is 20.1. The van der Waals surface area contributed by atoms with Crippen LogP contribution in [0.15, 0.2) is 59.0 Å². The van der Waals surface area contributed by atoms with Gasteiger partial charge in [0.05, 0.1) is 6.54 Å². The molecule has 8 heteroatoms. The second-order valence-electron chi connectivity index (χ2n) is 6.40. The first-order chi connectivity index (χ1) is 13.4. The van der Waals surface area contributed by atoms with Crippen molar-refractivity contribution < 1.29 is 9.21 Å². The Morgan fingerprint density at radius 2 is 1.79 bits per heavy atom. The molecule has 0 atom stereocenters. The molecule has 0 unspecified atom stereocenters. The summed E-state index contributed by atoms with van der Waals surface area (Å²) in [5, 5.41) is 0. The monoisotopic (exact) mass is 420 g/mol. The van der Waals surface area contributed by atoms with E-state index in [4.69, 9.17) is 33.4 Å². The third kappa shape index (κ3) is 4.47. The number of hydrogen-bond donors (Lipinski definition) is 1. The van der Waals surface area contributed by atoms with Gasteiger partial charge in [-0.3, -0.25) is 14.6 Å². The molecule has 0 radical (unpaired) electrons. The first kappa shape index (κ1) is 20.6. The van der Waals surface area contributed by atoms with Crippen molar-refractivity contribution in [2.45, 2.75) is 10.9 Å². The van der Waals surface area contributed by atoms with E-state index in [2.05, 4.69) is 4.98 Å². The minimum Gasteiger partial charge on any atom is -0.423 e. The van der Waals surface area contributed by atoms with Gasteiger partial charge >= 0.3 is 6.01 Å². The number of halogens is 2. The van der Waals surface area contributed by atoms with Gasteiger partial charge in [-0.1, -0.05) is 65.7 Å². The molecule has 3 rings (SSSR count). The summed E-state index contributed by atoms with van der Waals surface area (Å²) < 4.78 is 4.55. The van der Waals surface area contributed by atoms with Crippen molar-refractivity contribution in [2.24, 2.45) is 5.73 Å². The molecule has 148 valence electrons. The second-order valence-corrected chi connectivity index (χ2v) is 7.68. The van der Waals surface area contributed by atoms with Gasteiger partial charge in [0.2, 0.25) is 5.91 Å². The van der Waals surface area contributed by atoms with Crippen LogP contribution in [-0.4, -0.2) is 42.5 Å². The molecule has 0 bridgehead atoms. The number of alkyl halides is 2. The summed E-state index contributed by atoms with van der Waals surface area (Å²) in [7, 11) is 1.83. The maximum Gasteiger partial charge on any atom is 0.305 e. The van der Waals surface area contributed by atoms with Gasteiger partial charge in [0.1, 0.15) is 5.52 Å². The van der Waals surface area contributed by atoms with Crippen LogP contribution in [0.25, 0.3) is 11.1 Å². The fourth-order valence-corrected chi connectivity index (χ4v) is 3.30. The van der Waals surface area contributed by atoms with Crippen LogP contribution >= 0.6 is 23.2 Å². The lowest BCUT2D eigenvalue weighted by Crippen LogP contribution is -2.40. The molecule has 1 heterocycles. The first-order valence-electron chi connectivity index (χ1n) is 8.94. The Labute approximate surface area is 173 Å². The molecule has 0 spiro atoms. The van der Waals surface area contributed by atoms with Crippen molar-refractivity contribution >= 4 is 46.2 Å². The van der Waals surface area contributed by atoms with Crippen molar-refractivity contribution in [1.29, 1.82) is 0 Å². The molecule has 0 saturated heterocycles. The number of aromatic nitrogens is 1. The highest BCUT2D eigenvalue weighted by molar-refractivity contribution is 6.47. The minimum absolute atomic E-state index is 0.131. The molecule has 6 nitrogen and oxygen atoms in total. The van der Waals surface area contributed by atoms with Crippen LogP contribution in [-0.2, 0) is 9.25 Å². The SMILES string of the molecule is CN(CCCN(C(=O)CN)c1nc2ccccc2o1)C(Cl)(Cl)c1ccccc1. The smallest absolute Gasteiger partial charge is 0.305 e. The zero-order valence-electron chi connectivity index (χ0n) is 15.5. The van der Waals surface area contributed by atoms with E-state index in [1.807, 2.05) is 60.5 Å². The average molecular weight is 421 g/mol. The molecular formula is C20H22Cl2N4O2. The average Bonchev–Trinajstić information content (AvgIpc) is 3.14. The molecule has 0 aliphatic rings. The second kappa shape index (κ2) is 8.92. The highest BCUT2D eigenvalue weighted by Crippen LogP contribution is 2.36. The Bertz CT molecular complexity index is 897. The van der Waals surface area contributed by atoms with Crippen molar-refractivity contribution in [1.82, 2.24) is 9.88 Å². The number of fused-ring (bicyclic) bond motifs is 1. The Morgan fingerprint density at radius 1 is 1.11 bits per heavy atom. The predicted octanol–water partition coefficient (Wildman–Crippen LogP) is 3.73. The van der Waals surface area contributed by atoms with Crippen LogP contribution in [0.2, 0.25) is 0 Å². The molecule has 2 N–H and O–H groups in total. The molecule has 1 aromatic heterocycles. The van der Waals surface area contributed by atoms with Gasteiger partial charge in [-0.15, -0.1) is 0 Å². The van der Waals surface area contributed by atoms with Gasteiger partial charge < -0.3 is 10.2 Å². The molecule has 0 saturated carbocycles. The summed E-state index contributed by atoms with van der Waals surface area (Å²) in [6.45, 7) is 0.801. The van der Waals surface area contributed by atoms with E-state index in [0.29, 0.717) is 30.6 Å². The Hall–Kier alpha value is -2.12. The summed E-state index contributed by atoms with van der Waals surface area (Å²) in [6, 6.07) is 17.0. The standard InChI is InChI=1S/C20H22Cl2N4O2/c1-25(20(21,22)15-8-3-2-4-9-15)12-7-13-26(18(27)14-23)19-24-16-10-5-6-11-17(16)28-19/h2-6,8-11H,7,12-14,23H2,1H3. The molecule has 2 aromatic carbocycles. The molecule has 0 fully saturated rings. The Balaban J connectivity index is 1.68. The summed E-state index contributed by atoms with van der Waals surface area (Å²) in [4.78, 5) is 20.0. The van der Waals surface area contributed by atoms with Crippen LogP contribution in [0.1, 0.15) is 12.0 Å². The number of amides is 1. The largest absolute Gasteiger partial charge is 0.423 e. The lowest BCUT2D eigenvalue weighted by molar-refractivity contribution is -0.117. The number of carbonyl (C=O) groups excluding carboxylic acids is 1. The number of nitrogens with two attached hydrogens (primary N) is 1. The van der Waals surface area contributed by atoms with Gasteiger partial charge in [-0.05, 0) is 25.6 Å². The van der Waals surface area contributed by atoms with Crippen molar-refractivity contribution in [3.8, 4) is 0 Å². The summed E-state index contributed by atoms with van der Waals surface area (Å²) >= 11 is 13.1. The van der Waals surface area contributed by atoms with E-state index in [9.17, 15) is 4.79 Å². The van der Waals surface area contributed by atoms with E-state index in [1.165, 1.54) is 4.90 Å². The number of para-hydroxylation sites is 2. The first-order valence-corrected chi connectivity index (χ1v) is 9.69. The topological polar surface area (TPSA) is 75.6 Å². The maximum atomic E-state index is 12.3. The quantitative estimate of drug-likeness (QED) is 0.443. The lowest BCUT2D eigenvalue weighted by atomic mass is 10.2. The van der Waals surface area contributed by atoms with E-state index in [-0.39, 0.29) is 18.5 Å². The fraction of sp³-hybridized carbons (Fsp3) is 0.300. The van der Waals surface area contributed by atoms with Gasteiger partial charge in [-0.2, -0.15) is 4.98 Å². The third-order valence-electron chi connectivity index (χ3n) is 4.46. The number of benzene rings is 2. The third-order valence-corrected chi connectivity index (χ3v) is 5.48. The molecule has 0 aliphatic heterocycles. The minimum atomic E-state index is -1.17. The van der Waals surface area contributed by atoms with Crippen molar-refractivity contribution in [3.05, 3.63) is 60.2 Å². The van der Waals surface area contributed by atoms with Gasteiger partial charge in [0.25, 0.3) is 0 Å². The van der Waals surface area contributed by atoms with Crippen LogP contribution in [0, 0.1) is 0 Å². The Kier molecular flexibility index (Phi) is 6.57. The van der Waals surface area contributed by atoms with E-state index >= 15 is 0 Å². The summed E-state index contributed by atoms with van der Waals surface area (Å²) in [5.41, 5.74) is 7.66. The predicted molar refractivity (Wildman–Crippen MR) is 112 cm³/mol. The van der Waals surface area contributed by atoms with E-state index in [0.717, 1.165) is 5.56 Å². The van der Waals surface area contributed by atoms with Crippen LogP contribution in [0.4, 0.5) is 6.01 Å². The van der Waals surface area contributed by atoms with Crippen molar-refractivity contribution in [3.63, 3.8) is 0 Å². The van der Waals surface area contributed by atoms with Crippen LogP contribution in [0.5, 0.6) is 0 Å². The van der Waals surface area contributed by atoms with Crippen LogP contribution in [0.3, 0.4) is 0 Å². The molecule has 3 aromatic rings. The normalized spacial score (nSPS) is 11.9. The van der Waals surface area contributed by atoms with Gasteiger partial charge in [-0.25, -0.2) is 0 Å². The lowest BCUT2D eigenvalue weighted by Gasteiger charge is -2.31. The maximum absolute atomic E-state index is 12.3. The van der Waals surface area contributed by atoms with E-state index < -0.39 is 4.46 Å². The summed E-state index contributed by atoms with van der Waals surface area (Å²) in [5.74, 6) is -0.264. The number of nitrogens with zero attached hydrogens (tertiary/aromatic N) is 3. The van der Waals surface area contributed by atoms with Crippen LogP contribution < -0.4 is 10.6 Å². The number of oxazole rings is 1. The molecule has 28 heavy (non-hydrogen) atoms. The number of hydrogen-bond acceptors (Lipinski definition) is 5. The molecule has 1 amide bonds. The highest BCUT2D eigenvalue weighted by Gasteiger charge is 2.31. The summed E-state index contributed by atoms with van der Waals surface area (Å²) in [6.07, 6.45) is 0.606. The Morgan fingerprint density at radius 3 is 2.46 bits per heavy atom. The number of rotatable bonds is 8. The zero-order valence-corrected chi connectivity index (χ0v) is 17.0. The van der Waals surface area contributed by atoms with Gasteiger partial charge in [0.15, 0.2) is 10.0 Å². The van der Waals surface area contributed by atoms with Crippen molar-refractivity contribution in [2.75, 3.05) is 31.6 Å². The molecule has 0 aliphatic carbocycles. The number of anilines is 1. The highest BCUT2D eigenvalue weighted by atomic mass is 35.5. The molecular weight excluding hydrogens is 399 g/mol. The van der Waals surface area contributed by atoms with E-state index in [1.54, 1.807) is 6.07 Å². The van der Waals surface area contributed by atoms with Gasteiger partial charge in [0, 0.05) is 18.7 Å². The fourth-order valence-electron chi connectivity index (χ4n) is 2.88.